The third-order valence-electron chi connectivity index (χ3n) is 11.2. The summed E-state index contributed by atoms with van der Waals surface area (Å²) in [6.45, 7) is 4.99. The number of ether oxygens (including phenoxy) is 7. The van der Waals surface area contributed by atoms with Gasteiger partial charge in [0.1, 0.15) is 44.7 Å². The molecule has 0 bridgehead atoms. The number of benzene rings is 5. The average Bonchev–Trinajstić information content (AvgIpc) is 3.42. The number of rotatable bonds is 23. The Balaban J connectivity index is 0.000000217. The molecule has 73 heavy (non-hydrogen) atoms. The van der Waals surface area contributed by atoms with E-state index in [-0.39, 0.29) is 17.3 Å². The molecule has 0 atom stereocenters. The highest BCUT2D eigenvalue weighted by Crippen LogP contribution is 2.42. The standard InChI is InChI=1S/C25H28FNO4.C23H25NO4.C9H11FO3S/c1-18-22(14-11-19-9-12-21(13-10-19)30-16-15-26)27-25(29-3)24(28-2)23(18)31-17-20-7-5-4-6-8-20;1-16-20(14-11-17-9-12-19(25)13-10-17)24-23(27-3)22(26-2)21(16)28-15-18-7-5-4-6-8-18;1-8-2-4-9(5-3-8)14(11,12)13-7-6-10/h4-10,12-13H,11,14-17H2,1-3H3;4-10,12-13,25H,11,14-15H2,1-3H3;2-5H,6-7H2,1H3. The van der Waals surface area contributed by atoms with Crippen molar-refractivity contribution in [3.05, 3.63) is 184 Å². The van der Waals surface area contributed by atoms with Crippen molar-refractivity contribution in [2.75, 3.05) is 55.0 Å². The van der Waals surface area contributed by atoms with E-state index < -0.39 is 30.1 Å². The van der Waals surface area contributed by atoms with E-state index in [1.54, 1.807) is 52.7 Å². The third kappa shape index (κ3) is 17.1. The molecule has 0 amide bonds. The number of methoxy groups -OCH3 is 4. The van der Waals surface area contributed by atoms with Crippen molar-refractivity contribution in [1.29, 1.82) is 0 Å². The normalized spacial score (nSPS) is 10.8. The summed E-state index contributed by atoms with van der Waals surface area (Å²) in [6.07, 6.45) is 3.00. The number of aromatic hydroxyl groups is 1. The summed E-state index contributed by atoms with van der Waals surface area (Å²) in [5.41, 5.74) is 9.00. The number of aryl methyl sites for hydroxylation is 5. The van der Waals surface area contributed by atoms with Crippen LogP contribution in [0.2, 0.25) is 0 Å². The van der Waals surface area contributed by atoms with E-state index in [9.17, 15) is 22.3 Å². The molecule has 0 aliphatic rings. The molecule has 16 heteroatoms. The zero-order valence-corrected chi connectivity index (χ0v) is 43.2. The minimum absolute atomic E-state index is 0.0524. The van der Waals surface area contributed by atoms with Crippen LogP contribution in [0, 0.1) is 20.8 Å². The van der Waals surface area contributed by atoms with Crippen LogP contribution >= 0.6 is 0 Å². The summed E-state index contributed by atoms with van der Waals surface area (Å²) in [6, 6.07) is 41.0. The number of hydrogen-bond acceptors (Lipinski definition) is 13. The molecule has 0 aliphatic carbocycles. The maximum atomic E-state index is 12.2. The Labute approximate surface area is 427 Å². The summed E-state index contributed by atoms with van der Waals surface area (Å²) in [4.78, 5) is 9.34. The van der Waals surface area contributed by atoms with Gasteiger partial charge in [-0.05, 0) is 105 Å². The van der Waals surface area contributed by atoms with Gasteiger partial charge >= 0.3 is 0 Å². The molecule has 0 unspecified atom stereocenters. The van der Waals surface area contributed by atoms with E-state index in [0.717, 1.165) is 69.6 Å². The molecule has 388 valence electrons. The fourth-order valence-electron chi connectivity index (χ4n) is 7.25. The largest absolute Gasteiger partial charge is 0.508 e. The number of halogens is 2. The third-order valence-corrected chi connectivity index (χ3v) is 12.5. The topological polar surface area (TPSA) is 154 Å². The summed E-state index contributed by atoms with van der Waals surface area (Å²) in [7, 11) is 2.54. The Morgan fingerprint density at radius 3 is 1.33 bits per heavy atom. The average molecular weight is 1020 g/mol. The van der Waals surface area contributed by atoms with E-state index >= 15 is 0 Å². The lowest BCUT2D eigenvalue weighted by Gasteiger charge is -2.18. The van der Waals surface area contributed by atoms with E-state index in [1.165, 1.54) is 12.1 Å². The lowest BCUT2D eigenvalue weighted by molar-refractivity contribution is 0.269. The van der Waals surface area contributed by atoms with Gasteiger partial charge in [-0.3, -0.25) is 4.18 Å². The van der Waals surface area contributed by atoms with Gasteiger partial charge in [0.15, 0.2) is 11.5 Å². The van der Waals surface area contributed by atoms with E-state index in [4.69, 9.17) is 33.2 Å². The Hall–Kier alpha value is -7.43. The Morgan fingerprint density at radius 1 is 0.479 bits per heavy atom. The van der Waals surface area contributed by atoms with Crippen molar-refractivity contribution in [3.8, 4) is 46.3 Å². The zero-order chi connectivity index (χ0) is 52.6. The number of alkyl halides is 2. The van der Waals surface area contributed by atoms with Gasteiger partial charge in [-0.15, -0.1) is 0 Å². The lowest BCUT2D eigenvalue weighted by Crippen LogP contribution is -2.08. The summed E-state index contributed by atoms with van der Waals surface area (Å²) in [5.74, 6) is 4.04. The first-order chi connectivity index (χ1) is 35.3. The van der Waals surface area contributed by atoms with Crippen LogP contribution in [0.25, 0.3) is 0 Å². The first-order valence-corrected chi connectivity index (χ1v) is 24.9. The number of pyridine rings is 2. The maximum absolute atomic E-state index is 12.2. The lowest BCUT2D eigenvalue weighted by atomic mass is 10.0. The van der Waals surface area contributed by atoms with Gasteiger partial charge in [-0.25, -0.2) is 18.7 Å². The monoisotopic (exact) mass is 1020 g/mol. The van der Waals surface area contributed by atoms with Crippen molar-refractivity contribution in [2.45, 2.75) is 64.6 Å². The molecule has 0 fully saturated rings. The van der Waals surface area contributed by atoms with Crippen LogP contribution in [-0.2, 0) is 53.2 Å². The molecule has 1 N–H and O–H groups in total. The summed E-state index contributed by atoms with van der Waals surface area (Å²) >= 11 is 0. The van der Waals surface area contributed by atoms with Gasteiger partial charge in [0.05, 0.1) is 51.3 Å². The molecule has 0 aliphatic heterocycles. The minimum Gasteiger partial charge on any atom is -0.508 e. The van der Waals surface area contributed by atoms with Crippen molar-refractivity contribution in [2.24, 2.45) is 0 Å². The Bertz CT molecular complexity index is 2860. The maximum Gasteiger partial charge on any atom is 0.297 e. The van der Waals surface area contributed by atoms with Gasteiger partial charge in [0, 0.05) is 11.1 Å². The molecule has 0 saturated carbocycles. The number of phenols is 1. The minimum atomic E-state index is -3.78. The molecule has 5 aromatic carbocycles. The van der Waals surface area contributed by atoms with Crippen molar-refractivity contribution in [1.82, 2.24) is 9.97 Å². The Kier molecular flexibility index (Phi) is 22.6. The van der Waals surface area contributed by atoms with Crippen LogP contribution in [-0.4, -0.2) is 78.5 Å². The first kappa shape index (κ1) is 56.5. The van der Waals surface area contributed by atoms with Crippen LogP contribution in [0.1, 0.15) is 50.3 Å². The quantitative estimate of drug-likeness (QED) is 0.0605. The van der Waals surface area contributed by atoms with Crippen LogP contribution < -0.4 is 33.2 Å². The zero-order valence-electron chi connectivity index (χ0n) is 42.4. The second-order valence-electron chi connectivity index (χ2n) is 16.3. The van der Waals surface area contributed by atoms with Crippen LogP contribution in [0.4, 0.5) is 8.78 Å². The molecule has 0 radical (unpaired) electrons. The Morgan fingerprint density at radius 2 is 0.918 bits per heavy atom. The SMILES string of the molecule is COc1nc(CCc2ccc(O)cc2)c(C)c(OCc2ccccc2)c1OC.COc1nc(CCc2ccc(OCCF)cc2)c(C)c(OCc2ccccc2)c1OC.Cc1ccc(S(=O)(=O)OCCF)cc1. The first-order valence-electron chi connectivity index (χ1n) is 23.5. The van der Waals surface area contributed by atoms with Gasteiger partial charge in [-0.2, -0.15) is 8.42 Å². The predicted molar refractivity (Wildman–Crippen MR) is 277 cm³/mol. The summed E-state index contributed by atoms with van der Waals surface area (Å²) in [5, 5.41) is 9.44. The number of nitrogens with zero attached hydrogens (tertiary/aromatic N) is 2. The fraction of sp³-hybridized carbons (Fsp3) is 0.298. The van der Waals surface area contributed by atoms with Crippen molar-refractivity contribution in [3.63, 3.8) is 0 Å². The fourth-order valence-corrected chi connectivity index (χ4v) is 8.14. The van der Waals surface area contributed by atoms with E-state index in [2.05, 4.69) is 14.2 Å². The molecule has 7 aromatic rings. The molecule has 0 saturated heterocycles. The number of phenolic OH excluding ortho intramolecular Hbond substituents is 1. The highest BCUT2D eigenvalue weighted by Gasteiger charge is 2.22. The summed E-state index contributed by atoms with van der Waals surface area (Å²) < 4.78 is 90.5. The predicted octanol–water partition coefficient (Wildman–Crippen LogP) is 11.3. The number of aromatic nitrogens is 2. The highest BCUT2D eigenvalue weighted by atomic mass is 32.2. The van der Waals surface area contributed by atoms with Gasteiger partial charge in [0.2, 0.25) is 11.5 Å². The second-order valence-corrected chi connectivity index (χ2v) is 17.9. The smallest absolute Gasteiger partial charge is 0.297 e. The molecule has 2 heterocycles. The molecule has 13 nitrogen and oxygen atoms in total. The van der Waals surface area contributed by atoms with Gasteiger partial charge in [0.25, 0.3) is 21.9 Å². The molecule has 2 aromatic heterocycles. The number of hydrogen-bond donors (Lipinski definition) is 1. The van der Waals surface area contributed by atoms with E-state index in [0.29, 0.717) is 60.1 Å². The van der Waals surface area contributed by atoms with Crippen LogP contribution in [0.15, 0.2) is 138 Å². The van der Waals surface area contributed by atoms with Gasteiger partial charge in [-0.1, -0.05) is 103 Å². The van der Waals surface area contributed by atoms with Crippen LogP contribution in [0.3, 0.4) is 0 Å². The van der Waals surface area contributed by atoms with Crippen molar-refractivity contribution >= 4 is 10.1 Å². The molecule has 7 rings (SSSR count). The molecular formula is C57H64F2N2O11S. The second kappa shape index (κ2) is 29.2. The van der Waals surface area contributed by atoms with E-state index in [1.807, 2.05) is 118 Å². The van der Waals surface area contributed by atoms with Gasteiger partial charge < -0.3 is 38.3 Å². The highest BCUT2D eigenvalue weighted by molar-refractivity contribution is 7.86. The molecular weight excluding hydrogens is 959 g/mol. The van der Waals surface area contributed by atoms with Crippen LogP contribution in [0.5, 0.6) is 46.3 Å². The molecule has 0 spiro atoms. The van der Waals surface area contributed by atoms with Crippen molar-refractivity contribution < 1.29 is 59.6 Å².